The van der Waals surface area contributed by atoms with Crippen LogP contribution in [0.3, 0.4) is 0 Å². The van der Waals surface area contributed by atoms with Crippen molar-refractivity contribution in [2.45, 2.75) is 0 Å². The lowest BCUT2D eigenvalue weighted by atomic mass is 10.3. The summed E-state index contributed by atoms with van der Waals surface area (Å²) in [6, 6.07) is 9.67. The first-order valence-corrected chi connectivity index (χ1v) is 6.85. The van der Waals surface area contributed by atoms with Crippen LogP contribution in [0, 0.1) is 0 Å². The van der Waals surface area contributed by atoms with Crippen molar-refractivity contribution >= 4 is 32.4 Å². The van der Waals surface area contributed by atoms with Gasteiger partial charge in [0, 0.05) is 6.07 Å². The lowest BCUT2D eigenvalue weighted by Crippen LogP contribution is -1.80. The Bertz CT molecular complexity index is 829. The quantitative estimate of drug-likeness (QED) is 0.712. The number of phenolic OH excluding ortho intramolecular Hbond substituents is 2. The third-order valence-corrected chi connectivity index (χ3v) is 3.69. The number of aromatic hydroxyl groups is 2. The number of azo groups is 1. The Balaban J connectivity index is 1.92. The molecule has 0 aliphatic rings. The smallest absolute Gasteiger partial charge is 0.231 e. The van der Waals surface area contributed by atoms with Gasteiger partial charge in [0.25, 0.3) is 0 Å². The molecule has 2 aromatic carbocycles. The molecule has 106 valence electrons. The number of phenols is 2. The molecule has 0 aliphatic carbocycles. The SMILES string of the molecule is COc1ccc2nc(N=Nc3ccc(O)cc3O)sc2c1. The van der Waals surface area contributed by atoms with E-state index in [1.165, 1.54) is 29.5 Å². The first-order chi connectivity index (χ1) is 10.2. The highest BCUT2D eigenvalue weighted by Gasteiger charge is 2.05. The molecule has 21 heavy (non-hydrogen) atoms. The van der Waals surface area contributed by atoms with E-state index in [2.05, 4.69) is 15.2 Å². The van der Waals surface area contributed by atoms with Crippen molar-refractivity contribution < 1.29 is 14.9 Å². The Kier molecular flexibility index (Phi) is 3.41. The van der Waals surface area contributed by atoms with Gasteiger partial charge in [0.1, 0.15) is 22.9 Å². The van der Waals surface area contributed by atoms with Gasteiger partial charge < -0.3 is 14.9 Å². The van der Waals surface area contributed by atoms with Crippen LogP contribution < -0.4 is 4.74 Å². The highest BCUT2D eigenvalue weighted by atomic mass is 32.1. The lowest BCUT2D eigenvalue weighted by molar-refractivity contribution is 0.415. The second-order valence-electron chi connectivity index (χ2n) is 4.20. The summed E-state index contributed by atoms with van der Waals surface area (Å²) in [5.41, 5.74) is 1.08. The summed E-state index contributed by atoms with van der Waals surface area (Å²) in [6.07, 6.45) is 0. The second kappa shape index (κ2) is 5.37. The van der Waals surface area contributed by atoms with Crippen LogP contribution in [0.25, 0.3) is 10.2 Å². The second-order valence-corrected chi connectivity index (χ2v) is 5.21. The molecule has 0 radical (unpaired) electrons. The van der Waals surface area contributed by atoms with E-state index in [1.807, 2.05) is 18.2 Å². The maximum Gasteiger partial charge on any atom is 0.231 e. The molecule has 0 amide bonds. The number of methoxy groups -OCH3 is 1. The van der Waals surface area contributed by atoms with E-state index in [4.69, 9.17) is 4.74 Å². The molecule has 6 nitrogen and oxygen atoms in total. The molecule has 1 aromatic heterocycles. The summed E-state index contributed by atoms with van der Waals surface area (Å²) in [5.74, 6) is 0.589. The van der Waals surface area contributed by atoms with Crippen LogP contribution in [0.4, 0.5) is 10.8 Å². The zero-order valence-electron chi connectivity index (χ0n) is 11.0. The van der Waals surface area contributed by atoms with Crippen LogP contribution in [-0.4, -0.2) is 22.3 Å². The normalized spacial score (nSPS) is 11.3. The van der Waals surface area contributed by atoms with E-state index in [-0.39, 0.29) is 17.2 Å². The molecule has 0 saturated heterocycles. The molecule has 7 heteroatoms. The van der Waals surface area contributed by atoms with Crippen molar-refractivity contribution in [3.8, 4) is 17.2 Å². The first-order valence-electron chi connectivity index (χ1n) is 6.04. The molecular formula is C14H11N3O3S. The topological polar surface area (TPSA) is 87.3 Å². The van der Waals surface area contributed by atoms with Crippen molar-refractivity contribution in [2.75, 3.05) is 7.11 Å². The molecule has 0 fully saturated rings. The number of hydrogen-bond donors (Lipinski definition) is 2. The molecule has 0 saturated carbocycles. The van der Waals surface area contributed by atoms with E-state index in [9.17, 15) is 10.2 Å². The highest BCUT2D eigenvalue weighted by molar-refractivity contribution is 7.21. The number of thiazole rings is 1. The summed E-state index contributed by atoms with van der Waals surface area (Å²) in [7, 11) is 1.61. The molecule has 3 rings (SSSR count). The zero-order chi connectivity index (χ0) is 14.8. The average molecular weight is 301 g/mol. The minimum Gasteiger partial charge on any atom is -0.508 e. The van der Waals surface area contributed by atoms with E-state index in [0.717, 1.165) is 16.0 Å². The van der Waals surface area contributed by atoms with Crippen molar-refractivity contribution in [3.05, 3.63) is 36.4 Å². The standard InChI is InChI=1S/C14H11N3O3S/c1-20-9-3-5-11-13(7-9)21-14(15-11)17-16-10-4-2-8(18)6-12(10)19/h2-7,18-19H,1H3. The van der Waals surface area contributed by atoms with E-state index in [0.29, 0.717) is 5.13 Å². The number of fused-ring (bicyclic) bond motifs is 1. The van der Waals surface area contributed by atoms with Gasteiger partial charge in [-0.2, -0.15) is 0 Å². The fourth-order valence-corrected chi connectivity index (χ4v) is 2.57. The number of benzene rings is 2. The van der Waals surface area contributed by atoms with Gasteiger partial charge in [-0.15, -0.1) is 10.2 Å². The number of ether oxygens (including phenoxy) is 1. The van der Waals surface area contributed by atoms with Crippen LogP contribution in [0.15, 0.2) is 46.6 Å². The van der Waals surface area contributed by atoms with Crippen LogP contribution in [-0.2, 0) is 0 Å². The van der Waals surface area contributed by atoms with Crippen LogP contribution in [0.1, 0.15) is 0 Å². The van der Waals surface area contributed by atoms with Gasteiger partial charge in [0.2, 0.25) is 5.13 Å². The highest BCUT2D eigenvalue weighted by Crippen LogP contribution is 2.34. The Morgan fingerprint density at radius 2 is 1.95 bits per heavy atom. The van der Waals surface area contributed by atoms with Crippen molar-refractivity contribution in [1.29, 1.82) is 0 Å². The largest absolute Gasteiger partial charge is 0.508 e. The van der Waals surface area contributed by atoms with Crippen molar-refractivity contribution in [2.24, 2.45) is 10.2 Å². The van der Waals surface area contributed by atoms with E-state index in [1.54, 1.807) is 7.11 Å². The maximum atomic E-state index is 9.63. The monoisotopic (exact) mass is 301 g/mol. The molecule has 0 unspecified atom stereocenters. The van der Waals surface area contributed by atoms with Crippen LogP contribution >= 0.6 is 11.3 Å². The van der Waals surface area contributed by atoms with Gasteiger partial charge in [-0.1, -0.05) is 11.3 Å². The number of nitrogens with zero attached hydrogens (tertiary/aromatic N) is 3. The van der Waals surface area contributed by atoms with E-state index < -0.39 is 0 Å². The predicted molar refractivity (Wildman–Crippen MR) is 80.1 cm³/mol. The third kappa shape index (κ3) is 2.77. The number of hydrogen-bond acceptors (Lipinski definition) is 7. The van der Waals surface area contributed by atoms with Gasteiger partial charge in [-0.3, -0.25) is 0 Å². The van der Waals surface area contributed by atoms with Gasteiger partial charge in [0.15, 0.2) is 0 Å². The Morgan fingerprint density at radius 1 is 1.10 bits per heavy atom. The Labute approximate surface area is 124 Å². The molecule has 2 N–H and O–H groups in total. The number of rotatable bonds is 3. The van der Waals surface area contributed by atoms with Crippen molar-refractivity contribution in [3.63, 3.8) is 0 Å². The predicted octanol–water partition coefficient (Wildman–Crippen LogP) is 4.13. The summed E-state index contributed by atoms with van der Waals surface area (Å²) in [5, 5.41) is 27.3. The maximum absolute atomic E-state index is 9.63. The lowest BCUT2D eigenvalue weighted by Gasteiger charge is -1.96. The first kappa shape index (κ1) is 13.3. The summed E-state index contributed by atoms with van der Waals surface area (Å²) in [6.45, 7) is 0. The molecular weight excluding hydrogens is 290 g/mol. The van der Waals surface area contributed by atoms with Gasteiger partial charge in [-0.05, 0) is 30.3 Å². The summed E-state index contributed by atoms with van der Waals surface area (Å²) in [4.78, 5) is 4.32. The average Bonchev–Trinajstić information content (AvgIpc) is 2.88. The fraction of sp³-hybridized carbons (Fsp3) is 0.0714. The Hall–Kier alpha value is -2.67. The summed E-state index contributed by atoms with van der Waals surface area (Å²) >= 11 is 1.37. The van der Waals surface area contributed by atoms with Crippen LogP contribution in [0.5, 0.6) is 17.2 Å². The molecule has 0 atom stereocenters. The zero-order valence-corrected chi connectivity index (χ0v) is 11.8. The van der Waals surface area contributed by atoms with Gasteiger partial charge in [0.05, 0.1) is 17.3 Å². The molecule has 0 spiro atoms. The minimum absolute atomic E-state index is 0.0291. The molecule has 1 heterocycles. The summed E-state index contributed by atoms with van der Waals surface area (Å²) < 4.78 is 6.10. The van der Waals surface area contributed by atoms with Gasteiger partial charge in [-0.25, -0.2) is 4.98 Å². The van der Waals surface area contributed by atoms with Crippen LogP contribution in [0.2, 0.25) is 0 Å². The minimum atomic E-state index is -0.137. The molecule has 0 aliphatic heterocycles. The Morgan fingerprint density at radius 3 is 2.71 bits per heavy atom. The molecule has 3 aromatic rings. The number of aromatic nitrogens is 1. The van der Waals surface area contributed by atoms with E-state index >= 15 is 0 Å². The van der Waals surface area contributed by atoms with Crippen molar-refractivity contribution in [1.82, 2.24) is 4.98 Å². The third-order valence-electron chi connectivity index (χ3n) is 2.79. The molecule has 0 bridgehead atoms. The fourth-order valence-electron chi connectivity index (χ4n) is 1.76. The van der Waals surface area contributed by atoms with Gasteiger partial charge >= 0.3 is 0 Å².